The lowest BCUT2D eigenvalue weighted by Crippen LogP contribution is -2.12. The first-order valence-corrected chi connectivity index (χ1v) is 6.87. The summed E-state index contributed by atoms with van der Waals surface area (Å²) in [4.78, 5) is 4.50. The summed E-state index contributed by atoms with van der Waals surface area (Å²) >= 11 is 4.67. The monoisotopic (exact) mass is 314 g/mol. The summed E-state index contributed by atoms with van der Waals surface area (Å²) in [5.74, 6) is -0.263. The van der Waals surface area contributed by atoms with E-state index in [1.54, 1.807) is 6.07 Å². The molecule has 0 amide bonds. The van der Waals surface area contributed by atoms with Crippen molar-refractivity contribution in [1.82, 2.24) is 10.3 Å². The van der Waals surface area contributed by atoms with E-state index in [-0.39, 0.29) is 11.9 Å². The highest BCUT2D eigenvalue weighted by molar-refractivity contribution is 9.10. The van der Waals surface area contributed by atoms with Crippen LogP contribution in [-0.4, -0.2) is 12.0 Å². The highest BCUT2D eigenvalue weighted by Crippen LogP contribution is 2.28. The van der Waals surface area contributed by atoms with E-state index in [4.69, 9.17) is 0 Å². The maximum absolute atomic E-state index is 13.4. The van der Waals surface area contributed by atoms with Gasteiger partial charge in [0.15, 0.2) is 0 Å². The van der Waals surface area contributed by atoms with Crippen LogP contribution in [0.2, 0.25) is 0 Å². The second-order valence-electron chi connectivity index (χ2n) is 3.72. The molecule has 1 atom stereocenters. The number of thiazole rings is 1. The van der Waals surface area contributed by atoms with Gasteiger partial charge in [-0.25, -0.2) is 9.37 Å². The fraction of sp³-hybridized carbons (Fsp3) is 0.250. The van der Waals surface area contributed by atoms with Crippen molar-refractivity contribution in [3.05, 3.63) is 39.6 Å². The zero-order valence-corrected chi connectivity index (χ0v) is 11.9. The van der Waals surface area contributed by atoms with Crippen LogP contribution in [-0.2, 0) is 0 Å². The Morgan fingerprint density at radius 2 is 2.24 bits per heavy atom. The molecule has 1 N–H and O–H groups in total. The first-order valence-electron chi connectivity index (χ1n) is 5.20. The highest BCUT2D eigenvalue weighted by atomic mass is 79.9. The van der Waals surface area contributed by atoms with Crippen molar-refractivity contribution in [3.8, 4) is 10.6 Å². The van der Waals surface area contributed by atoms with Gasteiger partial charge < -0.3 is 5.32 Å². The lowest BCUT2D eigenvalue weighted by atomic mass is 10.2. The molecule has 1 aromatic carbocycles. The van der Waals surface area contributed by atoms with Crippen molar-refractivity contribution in [1.29, 1.82) is 0 Å². The Hall–Kier alpha value is -0.780. The first-order chi connectivity index (χ1) is 8.11. The maximum atomic E-state index is 13.4. The predicted octanol–water partition coefficient (Wildman–Crippen LogP) is 3.99. The first kappa shape index (κ1) is 12.7. The number of aromatic nitrogens is 1. The molecule has 90 valence electrons. The molecule has 2 aromatic rings. The number of benzene rings is 1. The summed E-state index contributed by atoms with van der Waals surface area (Å²) in [5.41, 5.74) is 1.79. The minimum Gasteiger partial charge on any atom is -0.312 e. The third-order valence-electron chi connectivity index (χ3n) is 2.57. The largest absolute Gasteiger partial charge is 0.312 e. The van der Waals surface area contributed by atoms with Crippen LogP contribution in [0.4, 0.5) is 4.39 Å². The standard InChI is InChI=1S/C12H12BrFN2S/c1-7(15-2)11-6-17-12(16-11)8-3-4-9(13)10(14)5-8/h3-7,15H,1-2H3. The summed E-state index contributed by atoms with van der Waals surface area (Å²) in [6.45, 7) is 2.04. The van der Waals surface area contributed by atoms with Crippen LogP contribution in [0.25, 0.3) is 10.6 Å². The maximum Gasteiger partial charge on any atom is 0.138 e. The smallest absolute Gasteiger partial charge is 0.138 e. The third-order valence-corrected chi connectivity index (χ3v) is 4.12. The van der Waals surface area contributed by atoms with E-state index in [0.29, 0.717) is 4.47 Å². The molecule has 1 aromatic heterocycles. The van der Waals surface area contributed by atoms with Crippen molar-refractivity contribution in [2.45, 2.75) is 13.0 Å². The number of nitrogens with zero attached hydrogens (tertiary/aromatic N) is 1. The van der Waals surface area contributed by atoms with Crippen LogP contribution in [0.5, 0.6) is 0 Å². The second kappa shape index (κ2) is 5.25. The van der Waals surface area contributed by atoms with Gasteiger partial charge in [-0.2, -0.15) is 0 Å². The van der Waals surface area contributed by atoms with Gasteiger partial charge in [0.05, 0.1) is 10.2 Å². The molecule has 1 heterocycles. The van der Waals surface area contributed by atoms with Crippen molar-refractivity contribution in [3.63, 3.8) is 0 Å². The van der Waals surface area contributed by atoms with Crippen LogP contribution in [0.15, 0.2) is 28.1 Å². The Labute approximate surface area is 112 Å². The van der Waals surface area contributed by atoms with Gasteiger partial charge in [-0.15, -0.1) is 11.3 Å². The van der Waals surface area contributed by atoms with Crippen molar-refractivity contribution >= 4 is 27.3 Å². The minimum absolute atomic E-state index is 0.209. The zero-order chi connectivity index (χ0) is 12.4. The van der Waals surface area contributed by atoms with Gasteiger partial charge >= 0.3 is 0 Å². The topological polar surface area (TPSA) is 24.9 Å². The van der Waals surface area contributed by atoms with E-state index in [1.165, 1.54) is 17.4 Å². The zero-order valence-electron chi connectivity index (χ0n) is 9.50. The van der Waals surface area contributed by atoms with E-state index < -0.39 is 0 Å². The minimum atomic E-state index is -0.263. The molecule has 1 unspecified atom stereocenters. The van der Waals surface area contributed by atoms with Gasteiger partial charge in [0.2, 0.25) is 0 Å². The molecule has 0 spiro atoms. The number of rotatable bonds is 3. The fourth-order valence-corrected chi connectivity index (χ4v) is 2.55. The second-order valence-corrected chi connectivity index (χ2v) is 5.43. The van der Waals surface area contributed by atoms with Crippen LogP contribution < -0.4 is 5.32 Å². The summed E-state index contributed by atoms with van der Waals surface area (Å²) in [6.07, 6.45) is 0. The molecule has 0 radical (unpaired) electrons. The molecule has 0 fully saturated rings. The van der Waals surface area contributed by atoms with Crippen molar-refractivity contribution < 1.29 is 4.39 Å². The fourth-order valence-electron chi connectivity index (χ4n) is 1.39. The van der Waals surface area contributed by atoms with E-state index in [9.17, 15) is 4.39 Å². The van der Waals surface area contributed by atoms with E-state index in [0.717, 1.165) is 16.3 Å². The third kappa shape index (κ3) is 2.73. The average molecular weight is 315 g/mol. The summed E-state index contributed by atoms with van der Waals surface area (Å²) in [7, 11) is 1.89. The summed E-state index contributed by atoms with van der Waals surface area (Å²) < 4.78 is 13.9. The normalized spacial score (nSPS) is 12.7. The van der Waals surface area contributed by atoms with Crippen LogP contribution in [0, 0.1) is 5.82 Å². The average Bonchev–Trinajstić information content (AvgIpc) is 2.81. The van der Waals surface area contributed by atoms with E-state index >= 15 is 0 Å². The Bertz CT molecular complexity index is 527. The molecule has 2 rings (SSSR count). The lowest BCUT2D eigenvalue weighted by molar-refractivity contribution is 0.621. The number of hydrogen-bond donors (Lipinski definition) is 1. The highest BCUT2D eigenvalue weighted by Gasteiger charge is 2.10. The molecule has 0 saturated heterocycles. The summed E-state index contributed by atoms with van der Waals surface area (Å²) in [6, 6.07) is 5.27. The van der Waals surface area contributed by atoms with Crippen LogP contribution in [0.3, 0.4) is 0 Å². The predicted molar refractivity (Wildman–Crippen MR) is 72.7 cm³/mol. The molecule has 17 heavy (non-hydrogen) atoms. The van der Waals surface area contributed by atoms with Crippen molar-refractivity contribution in [2.24, 2.45) is 0 Å². The summed E-state index contributed by atoms with van der Waals surface area (Å²) in [5, 5.41) is 5.97. The van der Waals surface area contributed by atoms with Gasteiger partial charge in [0.1, 0.15) is 10.8 Å². The van der Waals surface area contributed by atoms with Crippen molar-refractivity contribution in [2.75, 3.05) is 7.05 Å². The molecule has 0 aliphatic carbocycles. The quantitative estimate of drug-likeness (QED) is 0.926. The van der Waals surface area contributed by atoms with Gasteiger partial charge in [-0.05, 0) is 42.0 Å². The lowest BCUT2D eigenvalue weighted by Gasteiger charge is -2.05. The Kier molecular flexibility index (Phi) is 3.91. The SMILES string of the molecule is CNC(C)c1csc(-c2ccc(Br)c(F)c2)n1. The van der Waals surface area contributed by atoms with Crippen LogP contribution >= 0.6 is 27.3 Å². The van der Waals surface area contributed by atoms with E-state index in [1.807, 2.05) is 25.4 Å². The van der Waals surface area contributed by atoms with Gasteiger partial charge in [0, 0.05) is 17.0 Å². The van der Waals surface area contributed by atoms with Gasteiger partial charge in [-0.1, -0.05) is 6.07 Å². The van der Waals surface area contributed by atoms with E-state index in [2.05, 4.69) is 26.2 Å². The molecular formula is C12H12BrFN2S. The number of hydrogen-bond acceptors (Lipinski definition) is 3. The molecule has 0 aliphatic heterocycles. The number of halogens is 2. The Balaban J connectivity index is 2.33. The van der Waals surface area contributed by atoms with Crippen LogP contribution in [0.1, 0.15) is 18.7 Å². The van der Waals surface area contributed by atoms with Gasteiger partial charge in [-0.3, -0.25) is 0 Å². The molecule has 5 heteroatoms. The molecule has 2 nitrogen and oxygen atoms in total. The van der Waals surface area contributed by atoms with Gasteiger partial charge in [0.25, 0.3) is 0 Å². The molecular weight excluding hydrogens is 303 g/mol. The Morgan fingerprint density at radius 3 is 2.88 bits per heavy atom. The molecule has 0 bridgehead atoms. The Morgan fingerprint density at radius 1 is 1.47 bits per heavy atom. The molecule has 0 aliphatic rings. The molecule has 0 saturated carbocycles. The number of nitrogens with one attached hydrogen (secondary N) is 1.